The molecule has 0 heterocycles. The highest BCUT2D eigenvalue weighted by Gasteiger charge is 2.24. The summed E-state index contributed by atoms with van der Waals surface area (Å²) in [6.45, 7) is 7.18. The summed E-state index contributed by atoms with van der Waals surface area (Å²) in [5.74, 6) is 3.64. The number of ether oxygens (including phenoxy) is 1. The molecule has 2 aliphatic carbocycles. The van der Waals surface area contributed by atoms with E-state index in [-0.39, 0.29) is 0 Å². The molecule has 2 saturated carbocycles. The van der Waals surface area contributed by atoms with Crippen LogP contribution < -0.4 is 0 Å². The lowest BCUT2D eigenvalue weighted by Gasteiger charge is -2.31. The van der Waals surface area contributed by atoms with Crippen LogP contribution in [0, 0.1) is 17.8 Å². The van der Waals surface area contributed by atoms with Gasteiger partial charge in [0.2, 0.25) is 0 Å². The average molecular weight is 381 g/mol. The Morgan fingerprint density at radius 2 is 1.50 bits per heavy atom. The Morgan fingerprint density at radius 1 is 0.893 bits per heavy atom. The molecule has 1 aromatic carbocycles. The highest BCUT2D eigenvalue weighted by Crippen LogP contribution is 2.40. The van der Waals surface area contributed by atoms with Gasteiger partial charge >= 0.3 is 0 Å². The van der Waals surface area contributed by atoms with Crippen LogP contribution in [0.1, 0.15) is 88.2 Å². The van der Waals surface area contributed by atoms with Crippen molar-refractivity contribution in [2.75, 3.05) is 6.61 Å². The van der Waals surface area contributed by atoms with E-state index in [0.29, 0.717) is 13.2 Å². The summed E-state index contributed by atoms with van der Waals surface area (Å²) in [6, 6.07) is 9.16. The second-order valence-corrected chi connectivity index (χ2v) is 9.15. The quantitative estimate of drug-likeness (QED) is 0.313. The summed E-state index contributed by atoms with van der Waals surface area (Å²) >= 11 is 0. The molecule has 0 amide bonds. The minimum absolute atomic E-state index is 0.628. The fraction of sp³-hybridized carbons (Fsp3) is 0.630. The molecule has 2 fully saturated rings. The summed E-state index contributed by atoms with van der Waals surface area (Å²) in [5, 5.41) is 0. The fourth-order valence-corrected chi connectivity index (χ4v) is 5.34. The van der Waals surface area contributed by atoms with E-state index in [1.54, 1.807) is 0 Å². The van der Waals surface area contributed by atoms with Crippen LogP contribution in [0.25, 0.3) is 0 Å². The summed E-state index contributed by atoms with van der Waals surface area (Å²) in [7, 11) is 0. The maximum Gasteiger partial charge on any atom is 0.0721 e. The lowest BCUT2D eigenvalue weighted by Crippen LogP contribution is -2.17. The molecule has 0 spiro atoms. The van der Waals surface area contributed by atoms with Gasteiger partial charge in [-0.2, -0.15) is 0 Å². The van der Waals surface area contributed by atoms with Crippen molar-refractivity contribution < 1.29 is 4.74 Å². The molecule has 0 aliphatic heterocycles. The van der Waals surface area contributed by atoms with Crippen LogP contribution in [0.5, 0.6) is 0 Å². The Balaban J connectivity index is 1.35. The number of allylic oxidation sites excluding steroid dienone is 2. The molecule has 0 radical (unpaired) electrons. The van der Waals surface area contributed by atoms with E-state index in [1.807, 2.05) is 6.08 Å². The Bertz CT molecular complexity index is 583. The number of benzene rings is 1. The molecule has 0 saturated heterocycles. The van der Waals surface area contributed by atoms with Crippen molar-refractivity contribution >= 4 is 0 Å². The third kappa shape index (κ3) is 6.62. The van der Waals surface area contributed by atoms with Crippen molar-refractivity contribution in [3.05, 3.63) is 60.2 Å². The Hall–Kier alpha value is -1.34. The van der Waals surface area contributed by atoms with Crippen molar-refractivity contribution in [3.8, 4) is 0 Å². The average Bonchev–Trinajstić information content (AvgIpc) is 2.75. The second-order valence-electron chi connectivity index (χ2n) is 9.15. The summed E-state index contributed by atoms with van der Waals surface area (Å²) in [5.41, 5.74) is 2.80. The Kier molecular flexibility index (Phi) is 8.86. The highest BCUT2D eigenvalue weighted by molar-refractivity contribution is 5.25. The van der Waals surface area contributed by atoms with E-state index in [0.717, 1.165) is 23.7 Å². The van der Waals surface area contributed by atoms with Crippen LogP contribution in [0.4, 0.5) is 0 Å². The van der Waals surface area contributed by atoms with Gasteiger partial charge in [-0.1, -0.05) is 55.3 Å². The third-order valence-electron chi connectivity index (χ3n) is 7.14. The SMILES string of the molecule is C=CCOCc1ccc(C2CCC(CCC3CCC(/C=C\C)CC3)CC2)cc1. The molecule has 1 nitrogen and oxygen atoms in total. The van der Waals surface area contributed by atoms with Crippen LogP contribution >= 0.6 is 0 Å². The van der Waals surface area contributed by atoms with Gasteiger partial charge in [0.05, 0.1) is 13.2 Å². The van der Waals surface area contributed by atoms with Gasteiger partial charge < -0.3 is 4.74 Å². The molecule has 0 N–H and O–H groups in total. The fourth-order valence-electron chi connectivity index (χ4n) is 5.34. The van der Waals surface area contributed by atoms with E-state index in [4.69, 9.17) is 4.74 Å². The van der Waals surface area contributed by atoms with Gasteiger partial charge in [0.15, 0.2) is 0 Å². The zero-order valence-corrected chi connectivity index (χ0v) is 18.0. The minimum Gasteiger partial charge on any atom is -0.373 e. The van der Waals surface area contributed by atoms with Gasteiger partial charge in [-0.05, 0) is 93.1 Å². The molecule has 0 unspecified atom stereocenters. The van der Waals surface area contributed by atoms with Crippen molar-refractivity contribution in [2.24, 2.45) is 17.8 Å². The van der Waals surface area contributed by atoms with Crippen LogP contribution in [0.15, 0.2) is 49.1 Å². The van der Waals surface area contributed by atoms with E-state index in [9.17, 15) is 0 Å². The zero-order valence-electron chi connectivity index (χ0n) is 18.0. The van der Waals surface area contributed by atoms with Crippen LogP contribution in [-0.4, -0.2) is 6.61 Å². The third-order valence-corrected chi connectivity index (χ3v) is 7.14. The zero-order chi connectivity index (χ0) is 19.6. The van der Waals surface area contributed by atoms with E-state index < -0.39 is 0 Å². The molecule has 0 aromatic heterocycles. The first-order chi connectivity index (χ1) is 13.8. The van der Waals surface area contributed by atoms with Crippen LogP contribution in [-0.2, 0) is 11.3 Å². The lowest BCUT2D eigenvalue weighted by atomic mass is 9.74. The molecule has 0 atom stereocenters. The van der Waals surface area contributed by atoms with Gasteiger partial charge in [-0.15, -0.1) is 6.58 Å². The number of hydrogen-bond acceptors (Lipinski definition) is 1. The van der Waals surface area contributed by atoms with Gasteiger partial charge in [-0.3, -0.25) is 0 Å². The predicted molar refractivity (Wildman–Crippen MR) is 120 cm³/mol. The molecular formula is C27H40O. The molecule has 1 heteroatoms. The smallest absolute Gasteiger partial charge is 0.0721 e. The topological polar surface area (TPSA) is 9.23 Å². The first kappa shape index (κ1) is 21.4. The highest BCUT2D eigenvalue weighted by atomic mass is 16.5. The maximum atomic E-state index is 5.54. The van der Waals surface area contributed by atoms with Gasteiger partial charge in [-0.25, -0.2) is 0 Å². The van der Waals surface area contributed by atoms with E-state index in [1.165, 1.54) is 75.3 Å². The van der Waals surface area contributed by atoms with Gasteiger partial charge in [0, 0.05) is 0 Å². The van der Waals surface area contributed by atoms with E-state index >= 15 is 0 Å². The number of rotatable bonds is 9. The molecule has 0 bridgehead atoms. The summed E-state index contributed by atoms with van der Waals surface area (Å²) < 4.78 is 5.54. The first-order valence-corrected chi connectivity index (χ1v) is 11.7. The standard InChI is InChI=1S/C27H40O/c1-3-5-22-6-8-23(9-7-22)10-11-24-12-16-26(17-13-24)27-18-14-25(15-19-27)21-28-20-4-2/h3-5,14-15,18-19,22-24,26H,2,6-13,16-17,20-21H2,1H3/b5-3-. The molecular weight excluding hydrogens is 340 g/mol. The normalized spacial score (nSPS) is 28.5. The molecule has 1 aromatic rings. The monoisotopic (exact) mass is 380 g/mol. The number of hydrogen-bond donors (Lipinski definition) is 0. The molecule has 154 valence electrons. The van der Waals surface area contributed by atoms with Crippen molar-refractivity contribution in [3.63, 3.8) is 0 Å². The molecule has 28 heavy (non-hydrogen) atoms. The summed E-state index contributed by atoms with van der Waals surface area (Å²) in [4.78, 5) is 0. The van der Waals surface area contributed by atoms with Crippen LogP contribution in [0.2, 0.25) is 0 Å². The van der Waals surface area contributed by atoms with E-state index in [2.05, 4.69) is 49.9 Å². The van der Waals surface area contributed by atoms with Crippen molar-refractivity contribution in [1.82, 2.24) is 0 Å². The minimum atomic E-state index is 0.628. The molecule has 3 rings (SSSR count). The first-order valence-electron chi connectivity index (χ1n) is 11.7. The molecule has 2 aliphatic rings. The Morgan fingerprint density at radius 3 is 2.07 bits per heavy atom. The van der Waals surface area contributed by atoms with Crippen molar-refractivity contribution in [2.45, 2.75) is 83.7 Å². The van der Waals surface area contributed by atoms with Crippen molar-refractivity contribution in [1.29, 1.82) is 0 Å². The maximum absolute atomic E-state index is 5.54. The van der Waals surface area contributed by atoms with Gasteiger partial charge in [0.1, 0.15) is 0 Å². The second kappa shape index (κ2) is 11.6. The summed E-state index contributed by atoms with van der Waals surface area (Å²) in [6.07, 6.45) is 20.9. The largest absolute Gasteiger partial charge is 0.373 e. The lowest BCUT2D eigenvalue weighted by molar-refractivity contribution is 0.149. The Labute approximate surface area is 173 Å². The van der Waals surface area contributed by atoms with Gasteiger partial charge in [0.25, 0.3) is 0 Å². The van der Waals surface area contributed by atoms with Crippen LogP contribution in [0.3, 0.4) is 0 Å². The predicted octanol–water partition coefficient (Wildman–Crippen LogP) is 7.83.